The van der Waals surface area contributed by atoms with Gasteiger partial charge in [-0.2, -0.15) is 13.2 Å². The summed E-state index contributed by atoms with van der Waals surface area (Å²) >= 11 is 0.812. The third-order valence-corrected chi connectivity index (χ3v) is 4.84. The molecule has 0 N–H and O–H groups in total. The molecule has 1 aromatic rings. The lowest BCUT2D eigenvalue weighted by atomic mass is 10.00. The summed E-state index contributed by atoms with van der Waals surface area (Å²) in [6.07, 6.45) is 0.145. The highest BCUT2D eigenvalue weighted by Crippen LogP contribution is 2.41. The van der Waals surface area contributed by atoms with Gasteiger partial charge in [-0.1, -0.05) is 0 Å². The summed E-state index contributed by atoms with van der Waals surface area (Å²) in [5.74, 6) is 0.602. The van der Waals surface area contributed by atoms with Crippen LogP contribution >= 0.6 is 12.3 Å². The monoisotopic (exact) mass is 350 g/mol. The van der Waals surface area contributed by atoms with Crippen molar-refractivity contribution in [2.24, 2.45) is 0 Å². The second kappa shape index (κ2) is 6.84. The molecule has 3 atom stereocenters. The predicted octanol–water partition coefficient (Wildman–Crippen LogP) is 3.76. The zero-order valence-corrected chi connectivity index (χ0v) is 13.3. The molecule has 5 nitrogen and oxygen atoms in total. The van der Waals surface area contributed by atoms with Gasteiger partial charge in [-0.15, -0.1) is 4.33 Å². The number of piperidine rings is 1. The number of pyridine rings is 1. The molecule has 23 heavy (non-hydrogen) atoms. The fourth-order valence-electron chi connectivity index (χ4n) is 3.39. The van der Waals surface area contributed by atoms with Crippen molar-refractivity contribution in [3.8, 4) is 0 Å². The van der Waals surface area contributed by atoms with E-state index in [0.29, 0.717) is 5.82 Å². The number of nitrogens with zero attached hydrogens (tertiary/aromatic N) is 2. The average molecular weight is 350 g/mol. The minimum absolute atomic E-state index is 0.0401. The third kappa shape index (κ3) is 3.73. The van der Waals surface area contributed by atoms with E-state index in [0.717, 1.165) is 50.3 Å². The molecule has 2 bridgehead atoms. The second-order valence-corrected chi connectivity index (χ2v) is 6.15. The molecule has 3 rings (SSSR count). The van der Waals surface area contributed by atoms with Crippen LogP contribution in [0.15, 0.2) is 18.3 Å². The minimum atomic E-state index is -4.36. The third-order valence-electron chi connectivity index (χ3n) is 4.30. The molecule has 3 heterocycles. The molecular formula is C14H17F3N2O3S. The lowest BCUT2D eigenvalue weighted by molar-refractivity contribution is -0.168. The summed E-state index contributed by atoms with van der Waals surface area (Å²) in [5, 5.41) is 0. The Morgan fingerprint density at radius 2 is 1.91 bits per heavy atom. The van der Waals surface area contributed by atoms with Crippen molar-refractivity contribution in [2.45, 2.75) is 50.0 Å². The quantitative estimate of drug-likeness (QED) is 0.349. The fraction of sp³-hybridized carbons (Fsp3) is 0.643. The van der Waals surface area contributed by atoms with Crippen LogP contribution in [0.4, 0.5) is 19.0 Å². The van der Waals surface area contributed by atoms with Crippen molar-refractivity contribution < 1.29 is 26.6 Å². The highest BCUT2D eigenvalue weighted by molar-refractivity contribution is 7.89. The fourth-order valence-corrected chi connectivity index (χ4v) is 3.74. The van der Waals surface area contributed by atoms with E-state index in [1.807, 2.05) is 0 Å². The first kappa shape index (κ1) is 16.8. The zero-order chi connectivity index (χ0) is 16.4. The molecule has 128 valence electrons. The van der Waals surface area contributed by atoms with Crippen LogP contribution in [0, 0.1) is 0 Å². The van der Waals surface area contributed by atoms with Crippen LogP contribution in [-0.4, -0.2) is 30.3 Å². The Hall–Kier alpha value is -1.03. The molecule has 9 heteroatoms. The van der Waals surface area contributed by atoms with Gasteiger partial charge in [0, 0.05) is 18.3 Å². The lowest BCUT2D eigenvalue weighted by Gasteiger charge is -2.39. The molecule has 0 aliphatic carbocycles. The molecular weight excluding hydrogens is 333 g/mol. The van der Waals surface area contributed by atoms with Crippen molar-refractivity contribution in [3.63, 3.8) is 0 Å². The highest BCUT2D eigenvalue weighted by Gasteiger charge is 2.42. The number of aromatic nitrogens is 1. The Labute approximate surface area is 136 Å². The molecule has 0 radical (unpaired) electrons. The largest absolute Gasteiger partial charge is 0.417 e. The van der Waals surface area contributed by atoms with Gasteiger partial charge in [0.05, 0.1) is 18.8 Å². The van der Waals surface area contributed by atoms with E-state index in [-0.39, 0.29) is 18.2 Å². The Morgan fingerprint density at radius 1 is 1.22 bits per heavy atom. The van der Waals surface area contributed by atoms with Gasteiger partial charge in [-0.05, 0) is 37.8 Å². The van der Waals surface area contributed by atoms with Crippen LogP contribution in [0.3, 0.4) is 0 Å². The molecule has 0 spiro atoms. The minimum Gasteiger partial charge on any atom is -0.350 e. The van der Waals surface area contributed by atoms with Crippen molar-refractivity contribution in [1.29, 1.82) is 0 Å². The standard InChI is InChI=1S/C14H17F3N2O3S/c1-20-22-23-21-12-6-10-3-4-11(7-12)19(10)13-5-2-9(8-18-13)14(15,16)17/h2,5,8,10-12H,3-4,6-7H2,1H3/t10-,11?,12?/m1/s1. The van der Waals surface area contributed by atoms with Gasteiger partial charge in [-0.3, -0.25) is 4.18 Å². The highest BCUT2D eigenvalue weighted by atomic mass is 32.2. The van der Waals surface area contributed by atoms with Gasteiger partial charge in [0.1, 0.15) is 5.82 Å². The Balaban J connectivity index is 1.66. The molecule has 0 amide bonds. The maximum atomic E-state index is 12.6. The first-order valence-corrected chi connectivity index (χ1v) is 8.00. The predicted molar refractivity (Wildman–Crippen MR) is 78.3 cm³/mol. The molecule has 2 aliphatic rings. The SMILES string of the molecule is COOSOC1CC2CC[C@H](C1)N2c1ccc(C(F)(F)F)cn1. The van der Waals surface area contributed by atoms with Crippen LogP contribution < -0.4 is 4.90 Å². The molecule has 2 aliphatic heterocycles. The van der Waals surface area contributed by atoms with Gasteiger partial charge >= 0.3 is 6.18 Å². The van der Waals surface area contributed by atoms with E-state index >= 15 is 0 Å². The molecule has 0 saturated carbocycles. The number of hydrogen-bond acceptors (Lipinski definition) is 6. The Morgan fingerprint density at radius 3 is 2.43 bits per heavy atom. The maximum Gasteiger partial charge on any atom is 0.417 e. The summed E-state index contributed by atoms with van der Waals surface area (Å²) in [5.41, 5.74) is -0.722. The maximum absolute atomic E-state index is 12.6. The summed E-state index contributed by atoms with van der Waals surface area (Å²) in [7, 11) is 1.40. The van der Waals surface area contributed by atoms with E-state index in [1.54, 1.807) is 0 Å². The summed E-state index contributed by atoms with van der Waals surface area (Å²) in [6, 6.07) is 3.00. The van der Waals surface area contributed by atoms with E-state index in [9.17, 15) is 13.2 Å². The Bertz CT molecular complexity index is 515. The normalized spacial score (nSPS) is 27.5. The van der Waals surface area contributed by atoms with Crippen molar-refractivity contribution in [3.05, 3.63) is 23.9 Å². The van der Waals surface area contributed by atoms with Crippen molar-refractivity contribution in [1.82, 2.24) is 4.98 Å². The smallest absolute Gasteiger partial charge is 0.350 e. The molecule has 0 aromatic carbocycles. The molecule has 1 aromatic heterocycles. The number of hydrogen-bond donors (Lipinski definition) is 0. The second-order valence-electron chi connectivity index (χ2n) is 5.69. The first-order valence-electron chi connectivity index (χ1n) is 7.33. The van der Waals surface area contributed by atoms with Crippen LogP contribution in [-0.2, 0) is 19.6 Å². The number of alkyl halides is 3. The van der Waals surface area contributed by atoms with Gasteiger partial charge in [-0.25, -0.2) is 9.87 Å². The summed E-state index contributed by atoms with van der Waals surface area (Å²) < 4.78 is 48.1. The summed E-state index contributed by atoms with van der Waals surface area (Å²) in [6.45, 7) is 0. The molecule has 2 fully saturated rings. The number of rotatable bonds is 5. The van der Waals surface area contributed by atoms with Crippen LogP contribution in [0.1, 0.15) is 31.2 Å². The number of fused-ring (bicyclic) bond motifs is 2. The molecule has 2 unspecified atom stereocenters. The average Bonchev–Trinajstić information content (AvgIpc) is 2.78. The number of anilines is 1. The van der Waals surface area contributed by atoms with Gasteiger partial charge in [0.2, 0.25) is 0 Å². The van der Waals surface area contributed by atoms with Crippen LogP contribution in [0.5, 0.6) is 0 Å². The van der Waals surface area contributed by atoms with Gasteiger partial charge in [0.15, 0.2) is 12.3 Å². The summed E-state index contributed by atoms with van der Waals surface area (Å²) in [4.78, 5) is 10.6. The Kier molecular flexibility index (Phi) is 5.00. The van der Waals surface area contributed by atoms with E-state index in [1.165, 1.54) is 13.2 Å². The van der Waals surface area contributed by atoms with E-state index < -0.39 is 11.7 Å². The van der Waals surface area contributed by atoms with E-state index in [4.69, 9.17) is 4.18 Å². The van der Waals surface area contributed by atoms with E-state index in [2.05, 4.69) is 19.1 Å². The number of halogens is 3. The van der Waals surface area contributed by atoms with Gasteiger partial charge < -0.3 is 4.90 Å². The van der Waals surface area contributed by atoms with Crippen LogP contribution in [0.2, 0.25) is 0 Å². The van der Waals surface area contributed by atoms with Gasteiger partial charge in [0.25, 0.3) is 0 Å². The molecule has 2 saturated heterocycles. The zero-order valence-electron chi connectivity index (χ0n) is 12.5. The topological polar surface area (TPSA) is 43.8 Å². The van der Waals surface area contributed by atoms with Crippen molar-refractivity contribution >= 4 is 18.1 Å². The van der Waals surface area contributed by atoms with Crippen molar-refractivity contribution in [2.75, 3.05) is 12.0 Å². The first-order chi connectivity index (χ1) is 11.0. The van der Waals surface area contributed by atoms with Crippen LogP contribution in [0.25, 0.3) is 0 Å². The lowest BCUT2D eigenvalue weighted by Crippen LogP contribution is -2.45.